The highest BCUT2D eigenvalue weighted by Crippen LogP contribution is 2.11. The lowest BCUT2D eigenvalue weighted by molar-refractivity contribution is -0.129. The molecule has 0 aliphatic rings. The quantitative estimate of drug-likeness (QED) is 0.829. The molecule has 6 nitrogen and oxygen atoms in total. The largest absolute Gasteiger partial charge is 0.397 e. The summed E-state index contributed by atoms with van der Waals surface area (Å²) < 4.78 is 1.67. The van der Waals surface area contributed by atoms with Gasteiger partial charge >= 0.3 is 0 Å². The zero-order valence-corrected chi connectivity index (χ0v) is 11.3. The van der Waals surface area contributed by atoms with E-state index in [-0.39, 0.29) is 18.4 Å². The van der Waals surface area contributed by atoms with E-state index in [0.717, 1.165) is 0 Å². The number of nitrogens with zero attached hydrogens (tertiary/aromatic N) is 3. The van der Waals surface area contributed by atoms with E-state index in [2.05, 4.69) is 0 Å². The third-order valence-corrected chi connectivity index (χ3v) is 2.74. The molecule has 0 saturated carbocycles. The second-order valence-corrected chi connectivity index (χ2v) is 4.38. The first kappa shape index (κ1) is 14.1. The van der Waals surface area contributed by atoms with Crippen LogP contribution >= 0.6 is 0 Å². The molecule has 2 amide bonds. The molecule has 0 atom stereocenters. The van der Waals surface area contributed by atoms with Gasteiger partial charge in [-0.1, -0.05) is 0 Å². The van der Waals surface area contributed by atoms with Gasteiger partial charge in [0.2, 0.25) is 5.91 Å². The van der Waals surface area contributed by atoms with Crippen molar-refractivity contribution in [3.05, 3.63) is 18.0 Å². The van der Waals surface area contributed by atoms with E-state index in [4.69, 9.17) is 5.73 Å². The number of likely N-dealkylation sites (N-methyl/N-ethyl adjacent to an activating group) is 2. The van der Waals surface area contributed by atoms with Crippen molar-refractivity contribution in [2.45, 2.75) is 6.92 Å². The van der Waals surface area contributed by atoms with Crippen LogP contribution in [0.25, 0.3) is 0 Å². The van der Waals surface area contributed by atoms with E-state index in [9.17, 15) is 9.59 Å². The zero-order chi connectivity index (χ0) is 13.9. The summed E-state index contributed by atoms with van der Waals surface area (Å²) >= 11 is 0. The predicted octanol–water partition coefficient (Wildman–Crippen LogP) is 0.158. The van der Waals surface area contributed by atoms with Gasteiger partial charge in [-0.3, -0.25) is 9.59 Å². The number of aryl methyl sites for hydroxylation is 1. The van der Waals surface area contributed by atoms with Crippen LogP contribution in [0.4, 0.5) is 5.69 Å². The second-order valence-electron chi connectivity index (χ2n) is 4.38. The molecular formula is C12H20N4O2. The smallest absolute Gasteiger partial charge is 0.271 e. The minimum Gasteiger partial charge on any atom is -0.397 e. The number of aromatic nitrogens is 1. The molecule has 0 aliphatic heterocycles. The van der Waals surface area contributed by atoms with Crippen LogP contribution in [0.5, 0.6) is 0 Å². The van der Waals surface area contributed by atoms with Crippen molar-refractivity contribution in [3.63, 3.8) is 0 Å². The normalized spacial score (nSPS) is 10.2. The molecule has 0 aromatic carbocycles. The Labute approximate surface area is 107 Å². The monoisotopic (exact) mass is 252 g/mol. The van der Waals surface area contributed by atoms with Crippen molar-refractivity contribution in [1.82, 2.24) is 14.4 Å². The zero-order valence-electron chi connectivity index (χ0n) is 11.3. The van der Waals surface area contributed by atoms with Gasteiger partial charge in [-0.25, -0.2) is 0 Å². The number of nitrogen functional groups attached to an aromatic ring is 1. The van der Waals surface area contributed by atoms with Crippen molar-refractivity contribution >= 4 is 17.5 Å². The van der Waals surface area contributed by atoms with Crippen LogP contribution in [0.3, 0.4) is 0 Å². The lowest BCUT2D eigenvalue weighted by Crippen LogP contribution is -2.40. The minimum atomic E-state index is -0.188. The van der Waals surface area contributed by atoms with Gasteiger partial charge in [-0.2, -0.15) is 0 Å². The van der Waals surface area contributed by atoms with Crippen molar-refractivity contribution in [3.8, 4) is 0 Å². The van der Waals surface area contributed by atoms with E-state index in [0.29, 0.717) is 17.9 Å². The molecule has 6 heteroatoms. The Bertz CT molecular complexity index is 451. The summed E-state index contributed by atoms with van der Waals surface area (Å²) in [6, 6.07) is 1.62. The second kappa shape index (κ2) is 5.57. The van der Waals surface area contributed by atoms with E-state index in [1.165, 1.54) is 9.80 Å². The molecule has 2 N–H and O–H groups in total. The maximum absolute atomic E-state index is 12.2. The number of anilines is 1. The van der Waals surface area contributed by atoms with Gasteiger partial charge in [0.05, 0.1) is 5.69 Å². The van der Waals surface area contributed by atoms with Crippen LogP contribution < -0.4 is 5.73 Å². The number of hydrogen-bond acceptors (Lipinski definition) is 3. The Hall–Kier alpha value is -1.98. The van der Waals surface area contributed by atoms with Crippen LogP contribution in [0.15, 0.2) is 12.3 Å². The third kappa shape index (κ3) is 3.03. The Morgan fingerprint density at radius 3 is 2.39 bits per heavy atom. The standard InChI is InChI=1S/C12H20N4O2/c1-5-16(8-11(17)14(2)3)12(18)10-6-9(13)7-15(10)4/h6-7H,5,8,13H2,1-4H3. The molecule has 0 saturated heterocycles. The molecule has 0 bridgehead atoms. The fourth-order valence-corrected chi connectivity index (χ4v) is 1.60. The topological polar surface area (TPSA) is 71.6 Å². The van der Waals surface area contributed by atoms with Gasteiger partial charge in [0, 0.05) is 33.9 Å². The van der Waals surface area contributed by atoms with Crippen LogP contribution in [0.1, 0.15) is 17.4 Å². The molecule has 0 unspecified atom stereocenters. The summed E-state index contributed by atoms with van der Waals surface area (Å²) in [6.07, 6.45) is 1.68. The molecule has 1 rings (SSSR count). The summed E-state index contributed by atoms with van der Waals surface area (Å²) in [7, 11) is 5.09. The van der Waals surface area contributed by atoms with Crippen LogP contribution in [-0.2, 0) is 11.8 Å². The summed E-state index contributed by atoms with van der Waals surface area (Å²) in [5, 5.41) is 0. The van der Waals surface area contributed by atoms with Crippen LogP contribution in [0, 0.1) is 0 Å². The van der Waals surface area contributed by atoms with Gasteiger partial charge in [0.25, 0.3) is 5.91 Å². The van der Waals surface area contributed by atoms with Gasteiger partial charge in [0.15, 0.2) is 0 Å². The van der Waals surface area contributed by atoms with Crippen molar-refractivity contribution in [1.29, 1.82) is 0 Å². The number of hydrogen-bond donors (Lipinski definition) is 1. The SMILES string of the molecule is CCN(CC(=O)N(C)C)C(=O)c1cc(N)cn1C. The van der Waals surface area contributed by atoms with E-state index in [1.54, 1.807) is 38.0 Å². The fraction of sp³-hybridized carbons (Fsp3) is 0.500. The molecule has 1 aromatic heterocycles. The lowest BCUT2D eigenvalue weighted by atomic mass is 10.3. The van der Waals surface area contributed by atoms with Gasteiger partial charge in [0.1, 0.15) is 12.2 Å². The summed E-state index contributed by atoms with van der Waals surface area (Å²) in [5.74, 6) is -0.292. The first-order chi connectivity index (χ1) is 8.36. The number of amides is 2. The molecule has 100 valence electrons. The molecule has 0 fully saturated rings. The van der Waals surface area contributed by atoms with Crippen molar-refractivity contribution in [2.24, 2.45) is 7.05 Å². The van der Waals surface area contributed by atoms with E-state index < -0.39 is 0 Å². The first-order valence-corrected chi connectivity index (χ1v) is 5.78. The van der Waals surface area contributed by atoms with Crippen LogP contribution in [-0.4, -0.2) is 53.4 Å². The fourth-order valence-electron chi connectivity index (χ4n) is 1.60. The van der Waals surface area contributed by atoms with Gasteiger partial charge in [-0.05, 0) is 13.0 Å². The highest BCUT2D eigenvalue weighted by atomic mass is 16.2. The molecule has 18 heavy (non-hydrogen) atoms. The van der Waals surface area contributed by atoms with Crippen LogP contribution in [0.2, 0.25) is 0 Å². The summed E-state index contributed by atoms with van der Waals surface area (Å²) in [5.41, 5.74) is 6.67. The van der Waals surface area contributed by atoms with Crippen molar-refractivity contribution in [2.75, 3.05) is 32.9 Å². The first-order valence-electron chi connectivity index (χ1n) is 5.78. The highest BCUT2D eigenvalue weighted by molar-refractivity contribution is 5.96. The molecule has 0 radical (unpaired) electrons. The van der Waals surface area contributed by atoms with Gasteiger partial charge in [-0.15, -0.1) is 0 Å². The number of nitrogens with two attached hydrogens (primary N) is 1. The van der Waals surface area contributed by atoms with E-state index in [1.807, 2.05) is 6.92 Å². The molecule has 1 heterocycles. The maximum atomic E-state index is 12.2. The average Bonchev–Trinajstić information content (AvgIpc) is 2.63. The minimum absolute atomic E-state index is 0.0768. The third-order valence-electron chi connectivity index (χ3n) is 2.74. The van der Waals surface area contributed by atoms with Crippen molar-refractivity contribution < 1.29 is 9.59 Å². The highest BCUT2D eigenvalue weighted by Gasteiger charge is 2.20. The number of carbonyl (C=O) groups is 2. The maximum Gasteiger partial charge on any atom is 0.271 e. The number of rotatable bonds is 4. The Morgan fingerprint density at radius 2 is 2.00 bits per heavy atom. The van der Waals surface area contributed by atoms with Gasteiger partial charge < -0.3 is 20.1 Å². The molecule has 0 aliphatic carbocycles. The summed E-state index contributed by atoms with van der Waals surface area (Å²) in [4.78, 5) is 26.9. The Kier molecular flexibility index (Phi) is 4.36. The predicted molar refractivity (Wildman–Crippen MR) is 70.1 cm³/mol. The lowest BCUT2D eigenvalue weighted by Gasteiger charge is -2.22. The molecule has 0 spiro atoms. The van der Waals surface area contributed by atoms with E-state index >= 15 is 0 Å². The average molecular weight is 252 g/mol. The Morgan fingerprint density at radius 1 is 1.39 bits per heavy atom. The number of carbonyl (C=O) groups excluding carboxylic acids is 2. The molecule has 1 aromatic rings. The molecular weight excluding hydrogens is 232 g/mol. The Balaban J connectivity index is 2.86. The summed E-state index contributed by atoms with van der Waals surface area (Å²) in [6.45, 7) is 2.39.